The summed E-state index contributed by atoms with van der Waals surface area (Å²) < 4.78 is 5.64. The van der Waals surface area contributed by atoms with Crippen LogP contribution in [0.25, 0.3) is 11.5 Å². The predicted molar refractivity (Wildman–Crippen MR) is 97.6 cm³/mol. The van der Waals surface area contributed by atoms with Crippen molar-refractivity contribution in [3.8, 4) is 11.5 Å². The standard InChI is InChI=1S/C18H18Cl2N2O4/c1-9-12(18(24)25)4-3-7-22(9)17(23)15-10(2)26-16(21-15)11-5-6-13(19)14(20)8-11/h5-6,8-9,12H,3-4,7H2,1-2H3,(H,24,25)/t9-,12-/m1/s1. The summed E-state index contributed by atoms with van der Waals surface area (Å²) in [6.45, 7) is 3.91. The van der Waals surface area contributed by atoms with Crippen LogP contribution in [0.3, 0.4) is 0 Å². The van der Waals surface area contributed by atoms with Crippen LogP contribution in [0.2, 0.25) is 10.0 Å². The molecular weight excluding hydrogens is 379 g/mol. The van der Waals surface area contributed by atoms with Gasteiger partial charge in [-0.3, -0.25) is 9.59 Å². The number of amides is 1. The normalized spacial score (nSPS) is 20.2. The van der Waals surface area contributed by atoms with Gasteiger partial charge in [0, 0.05) is 18.2 Å². The number of carbonyl (C=O) groups excluding carboxylic acids is 1. The van der Waals surface area contributed by atoms with E-state index in [9.17, 15) is 14.7 Å². The molecule has 2 aromatic rings. The number of benzene rings is 1. The Labute approximate surface area is 160 Å². The van der Waals surface area contributed by atoms with E-state index in [1.54, 1.807) is 36.9 Å². The summed E-state index contributed by atoms with van der Waals surface area (Å²) in [5.41, 5.74) is 0.792. The first-order chi connectivity index (χ1) is 12.3. The van der Waals surface area contributed by atoms with Gasteiger partial charge in [0.2, 0.25) is 5.89 Å². The molecule has 1 saturated heterocycles. The quantitative estimate of drug-likeness (QED) is 0.836. The van der Waals surface area contributed by atoms with E-state index >= 15 is 0 Å². The molecule has 1 amide bonds. The first-order valence-corrected chi connectivity index (χ1v) is 9.01. The molecular formula is C18H18Cl2N2O4. The van der Waals surface area contributed by atoms with Gasteiger partial charge in [-0.1, -0.05) is 23.2 Å². The zero-order valence-electron chi connectivity index (χ0n) is 14.3. The van der Waals surface area contributed by atoms with Crippen LogP contribution in [0.4, 0.5) is 0 Å². The third-order valence-corrected chi connectivity index (χ3v) is 5.47. The maximum absolute atomic E-state index is 12.9. The molecule has 0 aliphatic carbocycles. The minimum Gasteiger partial charge on any atom is -0.481 e. The second-order valence-electron chi connectivity index (χ2n) is 6.38. The van der Waals surface area contributed by atoms with Crippen LogP contribution in [0, 0.1) is 12.8 Å². The first-order valence-electron chi connectivity index (χ1n) is 8.26. The third-order valence-electron chi connectivity index (χ3n) is 4.73. The number of aryl methyl sites for hydroxylation is 1. The summed E-state index contributed by atoms with van der Waals surface area (Å²) >= 11 is 11.9. The molecule has 0 saturated carbocycles. The van der Waals surface area contributed by atoms with Crippen molar-refractivity contribution in [1.29, 1.82) is 0 Å². The van der Waals surface area contributed by atoms with Crippen LogP contribution in [0.5, 0.6) is 0 Å². The fourth-order valence-electron chi connectivity index (χ4n) is 3.24. The Morgan fingerprint density at radius 1 is 1.31 bits per heavy atom. The molecule has 1 aliphatic heterocycles. The van der Waals surface area contributed by atoms with E-state index in [1.165, 1.54) is 0 Å². The molecule has 0 bridgehead atoms. The van der Waals surface area contributed by atoms with Crippen LogP contribution in [0.1, 0.15) is 36.0 Å². The molecule has 6 nitrogen and oxygen atoms in total. The van der Waals surface area contributed by atoms with Crippen molar-refractivity contribution in [3.05, 3.63) is 39.7 Å². The molecule has 0 spiro atoms. The molecule has 1 aliphatic rings. The van der Waals surface area contributed by atoms with Gasteiger partial charge >= 0.3 is 5.97 Å². The van der Waals surface area contributed by atoms with Gasteiger partial charge in [0.15, 0.2) is 5.69 Å². The van der Waals surface area contributed by atoms with Crippen LogP contribution in [-0.2, 0) is 4.79 Å². The lowest BCUT2D eigenvalue weighted by atomic mass is 9.90. The molecule has 26 heavy (non-hydrogen) atoms. The SMILES string of the molecule is Cc1oc(-c2ccc(Cl)c(Cl)c2)nc1C(=O)N1CCC[C@@H](C(=O)O)[C@H]1C. The van der Waals surface area contributed by atoms with E-state index in [0.717, 1.165) is 0 Å². The molecule has 1 aromatic carbocycles. The average molecular weight is 397 g/mol. The molecule has 3 rings (SSSR count). The van der Waals surface area contributed by atoms with Crippen LogP contribution >= 0.6 is 23.2 Å². The van der Waals surface area contributed by atoms with Crippen molar-refractivity contribution < 1.29 is 19.1 Å². The van der Waals surface area contributed by atoms with Gasteiger partial charge in [0.25, 0.3) is 5.91 Å². The number of oxazole rings is 1. The molecule has 2 atom stereocenters. The number of aromatic nitrogens is 1. The zero-order valence-corrected chi connectivity index (χ0v) is 15.8. The van der Waals surface area contributed by atoms with Gasteiger partial charge in [-0.2, -0.15) is 0 Å². The van der Waals surface area contributed by atoms with Crippen LogP contribution in [0.15, 0.2) is 22.6 Å². The molecule has 2 heterocycles. The number of halogens is 2. The van der Waals surface area contributed by atoms with Crippen molar-refractivity contribution in [2.45, 2.75) is 32.7 Å². The summed E-state index contributed by atoms with van der Waals surface area (Å²) in [5.74, 6) is -1.14. The number of hydrogen-bond donors (Lipinski definition) is 1. The summed E-state index contributed by atoms with van der Waals surface area (Å²) in [6.07, 6.45) is 1.20. The number of rotatable bonds is 3. The van der Waals surface area contributed by atoms with E-state index < -0.39 is 17.9 Å². The molecule has 8 heteroatoms. The minimum atomic E-state index is -0.886. The van der Waals surface area contributed by atoms with Crippen molar-refractivity contribution in [2.75, 3.05) is 6.54 Å². The maximum atomic E-state index is 12.9. The van der Waals surface area contributed by atoms with E-state index in [0.29, 0.717) is 40.8 Å². The fraction of sp³-hybridized carbons (Fsp3) is 0.389. The molecule has 1 fully saturated rings. The van der Waals surface area contributed by atoms with Crippen molar-refractivity contribution in [2.24, 2.45) is 5.92 Å². The first kappa shape index (κ1) is 18.7. The van der Waals surface area contributed by atoms with Crippen LogP contribution in [-0.4, -0.2) is 39.5 Å². The van der Waals surface area contributed by atoms with E-state index in [1.807, 2.05) is 0 Å². The number of nitrogens with zero attached hydrogens (tertiary/aromatic N) is 2. The van der Waals surface area contributed by atoms with Crippen molar-refractivity contribution in [3.63, 3.8) is 0 Å². The van der Waals surface area contributed by atoms with E-state index in [-0.39, 0.29) is 17.5 Å². The van der Waals surface area contributed by atoms with E-state index in [4.69, 9.17) is 27.6 Å². The number of piperidine rings is 1. The largest absolute Gasteiger partial charge is 0.481 e. The van der Waals surface area contributed by atoms with Gasteiger partial charge in [0.1, 0.15) is 5.76 Å². The number of carbonyl (C=O) groups is 2. The van der Waals surface area contributed by atoms with Gasteiger partial charge < -0.3 is 14.4 Å². The maximum Gasteiger partial charge on any atom is 0.308 e. The zero-order chi connectivity index (χ0) is 19.0. The second kappa shape index (κ2) is 7.29. The summed E-state index contributed by atoms with van der Waals surface area (Å²) in [7, 11) is 0. The van der Waals surface area contributed by atoms with Gasteiger partial charge in [-0.25, -0.2) is 4.98 Å². The number of hydrogen-bond acceptors (Lipinski definition) is 4. The van der Waals surface area contributed by atoms with Crippen molar-refractivity contribution >= 4 is 35.1 Å². The Hall–Kier alpha value is -2.05. The fourth-order valence-corrected chi connectivity index (χ4v) is 3.54. The van der Waals surface area contributed by atoms with Crippen LogP contribution < -0.4 is 0 Å². The predicted octanol–water partition coefficient (Wildman–Crippen LogP) is 4.28. The number of aliphatic carboxylic acids is 1. The number of carboxylic acids is 1. The number of likely N-dealkylation sites (tertiary alicyclic amines) is 1. The smallest absolute Gasteiger partial charge is 0.308 e. The van der Waals surface area contributed by atoms with Gasteiger partial charge in [-0.15, -0.1) is 0 Å². The molecule has 138 valence electrons. The Bertz CT molecular complexity index is 865. The Morgan fingerprint density at radius 3 is 2.69 bits per heavy atom. The minimum absolute atomic E-state index is 0.184. The second-order valence-corrected chi connectivity index (χ2v) is 7.19. The van der Waals surface area contributed by atoms with Crippen molar-refractivity contribution in [1.82, 2.24) is 9.88 Å². The Balaban J connectivity index is 1.89. The Morgan fingerprint density at radius 2 is 2.04 bits per heavy atom. The number of carboxylic acid groups (broad SMARTS) is 1. The molecule has 0 radical (unpaired) electrons. The lowest BCUT2D eigenvalue weighted by Gasteiger charge is -2.37. The lowest BCUT2D eigenvalue weighted by molar-refractivity contribution is -0.144. The monoisotopic (exact) mass is 396 g/mol. The highest BCUT2D eigenvalue weighted by Crippen LogP contribution is 2.31. The summed E-state index contributed by atoms with van der Waals surface area (Å²) in [5, 5.41) is 10.1. The van der Waals surface area contributed by atoms with Gasteiger partial charge in [0.05, 0.1) is 16.0 Å². The molecule has 1 N–H and O–H groups in total. The average Bonchev–Trinajstić information content (AvgIpc) is 2.98. The highest BCUT2D eigenvalue weighted by molar-refractivity contribution is 6.42. The summed E-state index contributed by atoms with van der Waals surface area (Å²) in [6, 6.07) is 4.55. The van der Waals surface area contributed by atoms with E-state index in [2.05, 4.69) is 4.98 Å². The topological polar surface area (TPSA) is 83.6 Å². The molecule has 1 aromatic heterocycles. The van der Waals surface area contributed by atoms with Gasteiger partial charge in [-0.05, 0) is 44.9 Å². The Kier molecular flexibility index (Phi) is 5.25. The molecule has 0 unspecified atom stereocenters. The lowest BCUT2D eigenvalue weighted by Crippen LogP contribution is -2.49. The summed E-state index contributed by atoms with van der Waals surface area (Å²) in [4.78, 5) is 30.2. The highest BCUT2D eigenvalue weighted by atomic mass is 35.5. The third kappa shape index (κ3) is 3.44. The highest BCUT2D eigenvalue weighted by Gasteiger charge is 2.37.